The van der Waals surface area contributed by atoms with Crippen LogP contribution in [-0.4, -0.2) is 23.0 Å². The van der Waals surface area contributed by atoms with Gasteiger partial charge in [-0.3, -0.25) is 4.79 Å². The van der Waals surface area contributed by atoms with Crippen molar-refractivity contribution >= 4 is 11.9 Å². The molecule has 1 rings (SSSR count). The highest BCUT2D eigenvalue weighted by Crippen LogP contribution is 2.10. The molecule has 1 amide bonds. The number of carbonyl (C=O) groups is 2. The maximum atomic E-state index is 11.8. The van der Waals surface area contributed by atoms with E-state index in [4.69, 9.17) is 10.8 Å². The first-order valence-corrected chi connectivity index (χ1v) is 5.90. The molecule has 0 aliphatic carbocycles. The van der Waals surface area contributed by atoms with Gasteiger partial charge in [0, 0.05) is 0 Å². The molecule has 0 radical (unpaired) electrons. The van der Waals surface area contributed by atoms with Crippen molar-refractivity contribution in [2.45, 2.75) is 31.8 Å². The summed E-state index contributed by atoms with van der Waals surface area (Å²) in [7, 11) is 0. The summed E-state index contributed by atoms with van der Waals surface area (Å²) < 4.78 is 0. The lowest BCUT2D eigenvalue weighted by molar-refractivity contribution is -0.142. The Labute approximate surface area is 106 Å². The van der Waals surface area contributed by atoms with Gasteiger partial charge < -0.3 is 16.2 Å². The van der Waals surface area contributed by atoms with Crippen LogP contribution in [0.15, 0.2) is 30.3 Å². The van der Waals surface area contributed by atoms with E-state index < -0.39 is 24.0 Å². The Kier molecular flexibility index (Phi) is 5.32. The lowest BCUT2D eigenvalue weighted by Gasteiger charge is -2.17. The minimum absolute atomic E-state index is 0.391. The number of amides is 1. The predicted octanol–water partition coefficient (Wildman–Crippen LogP) is 1.06. The number of carboxylic acids is 1. The van der Waals surface area contributed by atoms with E-state index in [-0.39, 0.29) is 0 Å². The van der Waals surface area contributed by atoms with E-state index in [9.17, 15) is 9.59 Å². The summed E-state index contributed by atoms with van der Waals surface area (Å²) in [5, 5.41) is 11.4. The molecule has 0 bridgehead atoms. The Bertz CT molecular complexity index is 406. The first-order chi connectivity index (χ1) is 8.56. The van der Waals surface area contributed by atoms with Gasteiger partial charge in [-0.1, -0.05) is 43.7 Å². The van der Waals surface area contributed by atoms with Crippen molar-refractivity contribution < 1.29 is 14.7 Å². The van der Waals surface area contributed by atoms with Gasteiger partial charge in [-0.05, 0) is 12.0 Å². The third-order valence-electron chi connectivity index (χ3n) is 2.63. The van der Waals surface area contributed by atoms with E-state index in [1.54, 1.807) is 24.3 Å². The fourth-order valence-corrected chi connectivity index (χ4v) is 1.62. The van der Waals surface area contributed by atoms with Crippen LogP contribution in [0.4, 0.5) is 0 Å². The second kappa shape index (κ2) is 6.76. The van der Waals surface area contributed by atoms with Crippen LogP contribution in [0.5, 0.6) is 0 Å². The lowest BCUT2D eigenvalue weighted by atomic mass is 10.1. The highest BCUT2D eigenvalue weighted by Gasteiger charge is 2.23. The fraction of sp³-hybridized carbons (Fsp3) is 0.385. The number of nitrogens with two attached hydrogens (primary N) is 1. The third kappa shape index (κ3) is 3.85. The molecule has 0 aromatic heterocycles. The van der Waals surface area contributed by atoms with Crippen molar-refractivity contribution in [2.24, 2.45) is 5.73 Å². The van der Waals surface area contributed by atoms with Crippen LogP contribution in [0.25, 0.3) is 0 Å². The average molecular weight is 250 g/mol. The second-order valence-corrected chi connectivity index (χ2v) is 4.08. The van der Waals surface area contributed by atoms with Gasteiger partial charge in [-0.15, -0.1) is 0 Å². The number of aliphatic carboxylic acids is 1. The number of rotatable bonds is 6. The molecular formula is C13H18N2O3. The molecule has 1 aromatic rings. The number of carboxylic acid groups (broad SMARTS) is 1. The van der Waals surface area contributed by atoms with Crippen molar-refractivity contribution in [3.8, 4) is 0 Å². The topological polar surface area (TPSA) is 92.4 Å². The van der Waals surface area contributed by atoms with Gasteiger partial charge >= 0.3 is 5.97 Å². The second-order valence-electron chi connectivity index (χ2n) is 4.08. The zero-order valence-electron chi connectivity index (χ0n) is 10.3. The predicted molar refractivity (Wildman–Crippen MR) is 67.8 cm³/mol. The summed E-state index contributed by atoms with van der Waals surface area (Å²) >= 11 is 0. The van der Waals surface area contributed by atoms with Gasteiger partial charge in [-0.25, -0.2) is 4.79 Å². The van der Waals surface area contributed by atoms with Crippen molar-refractivity contribution in [1.82, 2.24) is 5.32 Å². The Morgan fingerprint density at radius 3 is 2.44 bits per heavy atom. The van der Waals surface area contributed by atoms with Crippen molar-refractivity contribution in [3.63, 3.8) is 0 Å². The molecule has 5 heteroatoms. The normalized spacial score (nSPS) is 13.7. The van der Waals surface area contributed by atoms with Gasteiger partial charge in [0.05, 0.1) is 0 Å². The number of hydrogen-bond donors (Lipinski definition) is 3. The molecule has 0 saturated carbocycles. The summed E-state index contributed by atoms with van der Waals surface area (Å²) in [6.45, 7) is 1.86. The van der Waals surface area contributed by atoms with E-state index in [1.165, 1.54) is 0 Å². The number of benzene rings is 1. The number of hydrogen-bond acceptors (Lipinski definition) is 3. The van der Waals surface area contributed by atoms with E-state index in [0.717, 1.165) is 0 Å². The van der Waals surface area contributed by atoms with Crippen LogP contribution in [0, 0.1) is 0 Å². The summed E-state index contributed by atoms with van der Waals surface area (Å²) in [4.78, 5) is 22.8. The van der Waals surface area contributed by atoms with Crippen LogP contribution in [-0.2, 0) is 9.59 Å². The zero-order valence-corrected chi connectivity index (χ0v) is 10.3. The first kappa shape index (κ1) is 14.2. The molecule has 98 valence electrons. The Morgan fingerprint density at radius 2 is 1.94 bits per heavy atom. The molecule has 0 saturated heterocycles. The zero-order chi connectivity index (χ0) is 13.5. The Balaban J connectivity index is 2.67. The van der Waals surface area contributed by atoms with Crippen LogP contribution in [0.2, 0.25) is 0 Å². The van der Waals surface area contributed by atoms with Gasteiger partial charge in [0.1, 0.15) is 12.1 Å². The van der Waals surface area contributed by atoms with Gasteiger partial charge in [0.25, 0.3) is 0 Å². The lowest BCUT2D eigenvalue weighted by Crippen LogP contribution is -2.44. The largest absolute Gasteiger partial charge is 0.480 e. The Morgan fingerprint density at radius 1 is 1.33 bits per heavy atom. The van der Waals surface area contributed by atoms with Crippen LogP contribution in [0.1, 0.15) is 31.4 Å². The van der Waals surface area contributed by atoms with E-state index in [2.05, 4.69) is 5.32 Å². The third-order valence-corrected chi connectivity index (χ3v) is 2.63. The summed E-state index contributed by atoms with van der Waals surface area (Å²) in [5.74, 6) is -1.51. The van der Waals surface area contributed by atoms with Crippen molar-refractivity contribution in [3.05, 3.63) is 35.9 Å². The summed E-state index contributed by atoms with van der Waals surface area (Å²) in [6, 6.07) is 7.14. The maximum absolute atomic E-state index is 11.8. The molecule has 5 nitrogen and oxygen atoms in total. The quantitative estimate of drug-likeness (QED) is 0.703. The molecule has 0 aliphatic rings. The SMILES string of the molecule is CCCC(NC(=O)[C@@H](N)c1ccccc1)C(=O)O. The van der Waals surface area contributed by atoms with Crippen LogP contribution in [0.3, 0.4) is 0 Å². The van der Waals surface area contributed by atoms with E-state index >= 15 is 0 Å². The van der Waals surface area contributed by atoms with Crippen LogP contribution >= 0.6 is 0 Å². The molecule has 18 heavy (non-hydrogen) atoms. The van der Waals surface area contributed by atoms with Gasteiger partial charge in [0.2, 0.25) is 5.91 Å². The molecule has 0 aliphatic heterocycles. The highest BCUT2D eigenvalue weighted by molar-refractivity contribution is 5.87. The smallest absolute Gasteiger partial charge is 0.326 e. The molecule has 1 aromatic carbocycles. The van der Waals surface area contributed by atoms with Gasteiger partial charge in [-0.2, -0.15) is 0 Å². The van der Waals surface area contributed by atoms with Gasteiger partial charge in [0.15, 0.2) is 0 Å². The maximum Gasteiger partial charge on any atom is 0.326 e. The number of nitrogens with one attached hydrogen (secondary N) is 1. The first-order valence-electron chi connectivity index (χ1n) is 5.90. The minimum Gasteiger partial charge on any atom is -0.480 e. The van der Waals surface area contributed by atoms with Crippen molar-refractivity contribution in [1.29, 1.82) is 0 Å². The monoisotopic (exact) mass is 250 g/mol. The highest BCUT2D eigenvalue weighted by atomic mass is 16.4. The molecule has 4 N–H and O–H groups in total. The van der Waals surface area contributed by atoms with E-state index in [1.807, 2.05) is 13.0 Å². The van der Waals surface area contributed by atoms with Crippen LogP contribution < -0.4 is 11.1 Å². The molecule has 0 spiro atoms. The molecule has 0 fully saturated rings. The standard InChI is InChI=1S/C13H18N2O3/c1-2-6-10(13(17)18)15-12(16)11(14)9-7-4-3-5-8-9/h3-5,7-8,10-11H,2,6,14H2,1H3,(H,15,16)(H,17,18)/t10?,11-/m0/s1. The summed E-state index contributed by atoms with van der Waals surface area (Å²) in [6.07, 6.45) is 1.07. The molecule has 2 atom stereocenters. The number of carbonyl (C=O) groups excluding carboxylic acids is 1. The average Bonchev–Trinajstić information content (AvgIpc) is 2.38. The fourth-order valence-electron chi connectivity index (χ4n) is 1.62. The Hall–Kier alpha value is -1.88. The molecule has 1 unspecified atom stereocenters. The summed E-state index contributed by atoms with van der Waals surface area (Å²) in [5.41, 5.74) is 6.44. The van der Waals surface area contributed by atoms with E-state index in [0.29, 0.717) is 18.4 Å². The molecule has 0 heterocycles. The molecular weight excluding hydrogens is 232 g/mol. The van der Waals surface area contributed by atoms with Crippen molar-refractivity contribution in [2.75, 3.05) is 0 Å². The minimum atomic E-state index is -1.04.